The van der Waals surface area contributed by atoms with Gasteiger partial charge in [0.05, 0.1) is 23.2 Å². The molecule has 2 rings (SSSR count). The van der Waals surface area contributed by atoms with Crippen molar-refractivity contribution in [2.45, 2.75) is 25.4 Å². The lowest BCUT2D eigenvalue weighted by Gasteiger charge is -2.15. The number of carbonyl (C=O) groups is 2. The Morgan fingerprint density at radius 2 is 2.00 bits per heavy atom. The minimum atomic E-state index is -0.378. The summed E-state index contributed by atoms with van der Waals surface area (Å²) in [4.78, 5) is 23.6. The van der Waals surface area contributed by atoms with Crippen molar-refractivity contribution >= 4 is 23.4 Å². The SMILES string of the molecule is O=C(CNC(=O)c1ccccc1Cl)NCC1CCCC1O. The number of hydrogen-bond donors (Lipinski definition) is 3. The Hall–Kier alpha value is -1.59. The molecule has 0 radical (unpaired) electrons. The molecule has 1 aromatic rings. The van der Waals surface area contributed by atoms with Gasteiger partial charge in [-0.15, -0.1) is 0 Å². The molecule has 1 aliphatic rings. The maximum atomic E-state index is 11.9. The molecule has 2 unspecified atom stereocenters. The molecule has 1 fully saturated rings. The van der Waals surface area contributed by atoms with E-state index in [1.807, 2.05) is 0 Å². The summed E-state index contributed by atoms with van der Waals surface area (Å²) in [5, 5.41) is 15.3. The van der Waals surface area contributed by atoms with E-state index < -0.39 is 0 Å². The Morgan fingerprint density at radius 3 is 2.67 bits per heavy atom. The van der Waals surface area contributed by atoms with Gasteiger partial charge >= 0.3 is 0 Å². The van der Waals surface area contributed by atoms with Gasteiger partial charge in [0.1, 0.15) is 0 Å². The summed E-state index contributed by atoms with van der Waals surface area (Å²) in [6.45, 7) is 0.342. The first-order valence-electron chi connectivity index (χ1n) is 7.05. The molecule has 2 amide bonds. The maximum absolute atomic E-state index is 11.9. The van der Waals surface area contributed by atoms with Gasteiger partial charge in [0.15, 0.2) is 0 Å². The highest BCUT2D eigenvalue weighted by Crippen LogP contribution is 2.24. The predicted octanol–water partition coefficient (Wildman–Crippen LogP) is 1.35. The van der Waals surface area contributed by atoms with E-state index in [1.54, 1.807) is 24.3 Å². The zero-order valence-electron chi connectivity index (χ0n) is 11.6. The smallest absolute Gasteiger partial charge is 0.253 e. The van der Waals surface area contributed by atoms with E-state index in [2.05, 4.69) is 10.6 Å². The first-order valence-corrected chi connectivity index (χ1v) is 7.43. The summed E-state index contributed by atoms with van der Waals surface area (Å²) in [5.41, 5.74) is 0.346. The average molecular weight is 311 g/mol. The van der Waals surface area contributed by atoms with E-state index in [1.165, 1.54) is 0 Å². The molecule has 1 aromatic carbocycles. The molecule has 0 spiro atoms. The summed E-state index contributed by atoms with van der Waals surface area (Å²) < 4.78 is 0. The van der Waals surface area contributed by atoms with Crippen molar-refractivity contribution in [3.63, 3.8) is 0 Å². The van der Waals surface area contributed by atoms with Crippen LogP contribution >= 0.6 is 11.6 Å². The van der Waals surface area contributed by atoms with Crippen molar-refractivity contribution in [3.05, 3.63) is 34.9 Å². The van der Waals surface area contributed by atoms with Gasteiger partial charge in [0.2, 0.25) is 5.91 Å². The van der Waals surface area contributed by atoms with Crippen LogP contribution in [0.4, 0.5) is 0 Å². The lowest BCUT2D eigenvalue weighted by Crippen LogP contribution is -2.40. The van der Waals surface area contributed by atoms with Gasteiger partial charge in [-0.05, 0) is 25.0 Å². The van der Waals surface area contributed by atoms with Crippen molar-refractivity contribution < 1.29 is 14.7 Å². The summed E-state index contributed by atoms with van der Waals surface area (Å²) in [6, 6.07) is 6.67. The molecule has 114 valence electrons. The second-order valence-electron chi connectivity index (χ2n) is 5.22. The Balaban J connectivity index is 1.74. The second kappa shape index (κ2) is 7.43. The van der Waals surface area contributed by atoms with E-state index in [0.717, 1.165) is 19.3 Å². The van der Waals surface area contributed by atoms with Crippen molar-refractivity contribution in [1.82, 2.24) is 10.6 Å². The highest BCUT2D eigenvalue weighted by molar-refractivity contribution is 6.33. The van der Waals surface area contributed by atoms with Crippen LogP contribution in [0.5, 0.6) is 0 Å². The number of rotatable bonds is 5. The molecule has 0 aliphatic heterocycles. The van der Waals surface area contributed by atoms with E-state index in [0.29, 0.717) is 17.1 Å². The van der Waals surface area contributed by atoms with Gasteiger partial charge in [0, 0.05) is 12.5 Å². The third-order valence-electron chi connectivity index (χ3n) is 3.71. The topological polar surface area (TPSA) is 78.4 Å². The van der Waals surface area contributed by atoms with E-state index in [9.17, 15) is 14.7 Å². The highest BCUT2D eigenvalue weighted by Gasteiger charge is 2.25. The number of benzene rings is 1. The van der Waals surface area contributed by atoms with Crippen LogP contribution in [0.1, 0.15) is 29.6 Å². The number of aliphatic hydroxyl groups excluding tert-OH is 1. The first-order chi connectivity index (χ1) is 10.1. The van der Waals surface area contributed by atoms with Crippen LogP contribution in [0, 0.1) is 5.92 Å². The lowest BCUT2D eigenvalue weighted by atomic mass is 10.1. The van der Waals surface area contributed by atoms with Crippen LogP contribution in [0.25, 0.3) is 0 Å². The lowest BCUT2D eigenvalue weighted by molar-refractivity contribution is -0.120. The van der Waals surface area contributed by atoms with E-state index in [4.69, 9.17) is 11.6 Å². The first kappa shape index (κ1) is 15.8. The summed E-state index contributed by atoms with van der Waals surface area (Å²) in [6.07, 6.45) is 2.38. The van der Waals surface area contributed by atoms with Gasteiger partial charge in [0.25, 0.3) is 5.91 Å². The molecule has 0 saturated heterocycles. The van der Waals surface area contributed by atoms with E-state index >= 15 is 0 Å². The summed E-state index contributed by atoms with van der Waals surface area (Å²) in [5.74, 6) is -0.528. The normalized spacial score (nSPS) is 21.0. The van der Waals surface area contributed by atoms with Crippen molar-refractivity contribution in [2.24, 2.45) is 5.92 Å². The van der Waals surface area contributed by atoms with Crippen LogP contribution in [-0.4, -0.2) is 36.1 Å². The molecule has 0 aromatic heterocycles. The third kappa shape index (κ3) is 4.44. The van der Waals surface area contributed by atoms with Crippen molar-refractivity contribution in [3.8, 4) is 0 Å². The number of hydrogen-bond acceptors (Lipinski definition) is 3. The molecule has 3 N–H and O–H groups in total. The average Bonchev–Trinajstić information content (AvgIpc) is 2.88. The van der Waals surface area contributed by atoms with Gasteiger partial charge < -0.3 is 15.7 Å². The summed E-state index contributed by atoms with van der Waals surface area (Å²) >= 11 is 5.91. The maximum Gasteiger partial charge on any atom is 0.253 e. The number of halogens is 1. The van der Waals surface area contributed by atoms with Crippen LogP contribution in [0.2, 0.25) is 5.02 Å². The molecule has 1 aliphatic carbocycles. The molecule has 0 heterocycles. The minimum absolute atomic E-state index is 0.104. The zero-order valence-corrected chi connectivity index (χ0v) is 12.4. The Bertz CT molecular complexity index is 521. The van der Waals surface area contributed by atoms with E-state index in [-0.39, 0.29) is 30.4 Å². The molecular formula is C15H19ClN2O3. The Morgan fingerprint density at radius 1 is 1.24 bits per heavy atom. The second-order valence-corrected chi connectivity index (χ2v) is 5.63. The highest BCUT2D eigenvalue weighted by atomic mass is 35.5. The molecular weight excluding hydrogens is 292 g/mol. The Labute approximate surface area is 128 Å². The van der Waals surface area contributed by atoms with Gasteiger partial charge in [-0.3, -0.25) is 9.59 Å². The number of carbonyl (C=O) groups excluding carboxylic acids is 2. The van der Waals surface area contributed by atoms with Gasteiger partial charge in [-0.1, -0.05) is 30.2 Å². The van der Waals surface area contributed by atoms with Gasteiger partial charge in [-0.25, -0.2) is 0 Å². The molecule has 1 saturated carbocycles. The molecule has 21 heavy (non-hydrogen) atoms. The Kier molecular flexibility index (Phi) is 5.59. The van der Waals surface area contributed by atoms with Crippen LogP contribution in [-0.2, 0) is 4.79 Å². The van der Waals surface area contributed by atoms with Crippen molar-refractivity contribution in [1.29, 1.82) is 0 Å². The monoisotopic (exact) mass is 310 g/mol. The molecule has 6 heteroatoms. The van der Waals surface area contributed by atoms with Crippen LogP contribution < -0.4 is 10.6 Å². The fraction of sp³-hybridized carbons (Fsp3) is 0.467. The van der Waals surface area contributed by atoms with Crippen molar-refractivity contribution in [2.75, 3.05) is 13.1 Å². The zero-order chi connectivity index (χ0) is 15.2. The number of nitrogens with one attached hydrogen (secondary N) is 2. The van der Waals surface area contributed by atoms with Crippen LogP contribution in [0.3, 0.4) is 0 Å². The van der Waals surface area contributed by atoms with Gasteiger partial charge in [-0.2, -0.15) is 0 Å². The molecule has 5 nitrogen and oxygen atoms in total. The number of aliphatic hydroxyl groups is 1. The quantitative estimate of drug-likeness (QED) is 0.768. The largest absolute Gasteiger partial charge is 0.393 e. The van der Waals surface area contributed by atoms with Crippen LogP contribution in [0.15, 0.2) is 24.3 Å². The minimum Gasteiger partial charge on any atom is -0.393 e. The molecule has 2 atom stereocenters. The third-order valence-corrected chi connectivity index (χ3v) is 4.04. The number of amides is 2. The standard InChI is InChI=1S/C15H19ClN2O3/c16-12-6-2-1-5-11(12)15(21)18-9-14(20)17-8-10-4-3-7-13(10)19/h1-2,5-6,10,13,19H,3-4,7-9H2,(H,17,20)(H,18,21). The fourth-order valence-electron chi connectivity index (χ4n) is 2.46. The fourth-order valence-corrected chi connectivity index (χ4v) is 2.69. The summed E-state index contributed by atoms with van der Waals surface area (Å²) in [7, 11) is 0. The predicted molar refractivity (Wildman–Crippen MR) is 80.1 cm³/mol. The molecule has 0 bridgehead atoms.